The van der Waals surface area contributed by atoms with Crippen LogP contribution in [0, 0.1) is 6.92 Å². The van der Waals surface area contributed by atoms with Crippen LogP contribution in [0.2, 0.25) is 0 Å². The Bertz CT molecular complexity index is 333. The van der Waals surface area contributed by atoms with Crippen LogP contribution in [0.1, 0.15) is 34.9 Å². The molecule has 0 saturated carbocycles. The molecule has 0 bridgehead atoms. The van der Waals surface area contributed by atoms with E-state index in [9.17, 15) is 0 Å². The second-order valence-electron chi connectivity index (χ2n) is 4.02. The molecule has 2 heterocycles. The first-order valence-electron chi connectivity index (χ1n) is 5.13. The van der Waals surface area contributed by atoms with Gasteiger partial charge in [0.1, 0.15) is 0 Å². The van der Waals surface area contributed by atoms with Crippen molar-refractivity contribution in [2.75, 3.05) is 0 Å². The van der Waals surface area contributed by atoms with Gasteiger partial charge in [-0.3, -0.25) is 0 Å². The van der Waals surface area contributed by atoms with E-state index in [4.69, 9.17) is 16.3 Å². The van der Waals surface area contributed by atoms with Crippen molar-refractivity contribution in [3.8, 4) is 0 Å². The molecule has 1 aromatic heterocycles. The number of halogens is 2. The van der Waals surface area contributed by atoms with Crippen LogP contribution in [0.25, 0.3) is 0 Å². The van der Waals surface area contributed by atoms with Gasteiger partial charge in [-0.1, -0.05) is 0 Å². The summed E-state index contributed by atoms with van der Waals surface area (Å²) < 4.78 is 6.94. The summed E-state index contributed by atoms with van der Waals surface area (Å²) in [4.78, 5) is 2.49. The van der Waals surface area contributed by atoms with Gasteiger partial charge < -0.3 is 4.74 Å². The molecule has 0 aliphatic carbocycles. The van der Waals surface area contributed by atoms with E-state index < -0.39 is 0 Å². The molecule has 1 nitrogen and oxygen atoms in total. The minimum Gasteiger partial charge on any atom is -0.373 e. The molecule has 2 rings (SSSR count). The lowest BCUT2D eigenvalue weighted by molar-refractivity contribution is 0.0538. The van der Waals surface area contributed by atoms with Crippen LogP contribution >= 0.6 is 38.9 Å². The maximum Gasteiger partial charge on any atom is 0.0940 e. The Hall–Kier alpha value is 0.430. The molecule has 0 spiro atoms. The van der Waals surface area contributed by atoms with Crippen molar-refractivity contribution in [1.29, 1.82) is 0 Å². The zero-order valence-corrected chi connectivity index (χ0v) is 12.0. The molecule has 84 valence electrons. The Morgan fingerprint density at radius 2 is 2.33 bits per heavy atom. The van der Waals surface area contributed by atoms with Crippen LogP contribution in [-0.2, 0) is 4.74 Å². The van der Waals surface area contributed by atoms with Crippen molar-refractivity contribution < 1.29 is 4.74 Å². The lowest BCUT2D eigenvalue weighted by Gasteiger charge is -2.15. The van der Waals surface area contributed by atoms with Crippen molar-refractivity contribution in [2.24, 2.45) is 0 Å². The fourth-order valence-corrected chi connectivity index (χ4v) is 3.82. The number of ether oxygens (including phenoxy) is 1. The maximum absolute atomic E-state index is 6.43. The Kier molecular flexibility index (Phi) is 3.76. The third kappa shape index (κ3) is 2.57. The van der Waals surface area contributed by atoms with Crippen LogP contribution in [0.3, 0.4) is 0 Å². The van der Waals surface area contributed by atoms with E-state index >= 15 is 0 Å². The summed E-state index contributed by atoms with van der Waals surface area (Å²) in [7, 11) is 0. The van der Waals surface area contributed by atoms with Gasteiger partial charge in [-0.2, -0.15) is 0 Å². The van der Waals surface area contributed by atoms with E-state index in [1.165, 1.54) is 9.75 Å². The number of alkyl halides is 1. The van der Waals surface area contributed by atoms with Gasteiger partial charge in [-0.05, 0) is 48.7 Å². The standard InChI is InChI=1S/C11H14BrClOS/c1-6-3-4-9(14-6)11(13)10-5-8(12)7(2)15-10/h5-6,9,11H,3-4H2,1-2H3. The molecular formula is C11H14BrClOS. The zero-order chi connectivity index (χ0) is 11.0. The molecule has 1 fully saturated rings. The van der Waals surface area contributed by atoms with Crippen LogP contribution in [0.5, 0.6) is 0 Å². The topological polar surface area (TPSA) is 9.23 Å². The summed E-state index contributed by atoms with van der Waals surface area (Å²) in [5.41, 5.74) is 0. The molecule has 1 saturated heterocycles. The highest BCUT2D eigenvalue weighted by molar-refractivity contribution is 9.10. The van der Waals surface area contributed by atoms with Gasteiger partial charge in [0, 0.05) is 14.2 Å². The summed E-state index contributed by atoms with van der Waals surface area (Å²) in [5.74, 6) is 0. The lowest BCUT2D eigenvalue weighted by Crippen LogP contribution is -2.13. The highest BCUT2D eigenvalue weighted by Gasteiger charge is 2.30. The summed E-state index contributed by atoms with van der Waals surface area (Å²) in [6, 6.07) is 2.12. The molecule has 15 heavy (non-hydrogen) atoms. The van der Waals surface area contributed by atoms with Gasteiger partial charge in [0.05, 0.1) is 17.6 Å². The molecular weight excluding hydrogens is 296 g/mol. The van der Waals surface area contributed by atoms with Gasteiger partial charge in [0.2, 0.25) is 0 Å². The van der Waals surface area contributed by atoms with E-state index in [1.54, 1.807) is 11.3 Å². The van der Waals surface area contributed by atoms with E-state index in [2.05, 4.69) is 35.8 Å². The second-order valence-corrected chi connectivity index (χ2v) is 6.63. The fraction of sp³-hybridized carbons (Fsp3) is 0.636. The molecule has 1 aromatic rings. The molecule has 3 atom stereocenters. The average Bonchev–Trinajstić information content (AvgIpc) is 2.74. The smallest absolute Gasteiger partial charge is 0.0940 e. The number of hydrogen-bond donors (Lipinski definition) is 0. The SMILES string of the molecule is Cc1sc(C(Cl)C2CCC(C)O2)cc1Br. The molecule has 1 aliphatic heterocycles. The fourth-order valence-electron chi connectivity index (χ4n) is 1.85. The minimum atomic E-state index is 0.00458. The summed E-state index contributed by atoms with van der Waals surface area (Å²) >= 11 is 11.7. The third-order valence-corrected chi connectivity index (χ3v) is 5.60. The van der Waals surface area contributed by atoms with Gasteiger partial charge in [0.15, 0.2) is 0 Å². The highest BCUT2D eigenvalue weighted by Crippen LogP contribution is 2.40. The van der Waals surface area contributed by atoms with Crippen LogP contribution < -0.4 is 0 Å². The van der Waals surface area contributed by atoms with E-state index in [-0.39, 0.29) is 11.5 Å². The maximum atomic E-state index is 6.43. The quantitative estimate of drug-likeness (QED) is 0.722. The number of aryl methyl sites for hydroxylation is 1. The van der Waals surface area contributed by atoms with E-state index in [1.807, 2.05) is 0 Å². The Balaban J connectivity index is 2.10. The van der Waals surface area contributed by atoms with Crippen LogP contribution in [-0.4, -0.2) is 12.2 Å². The lowest BCUT2D eigenvalue weighted by atomic mass is 10.1. The molecule has 0 N–H and O–H groups in total. The monoisotopic (exact) mass is 308 g/mol. The molecule has 1 aliphatic rings. The number of thiophene rings is 1. The van der Waals surface area contributed by atoms with Crippen molar-refractivity contribution in [2.45, 2.75) is 44.3 Å². The van der Waals surface area contributed by atoms with E-state index in [0.29, 0.717) is 6.10 Å². The summed E-state index contributed by atoms with van der Waals surface area (Å²) in [6.07, 6.45) is 2.75. The third-order valence-electron chi connectivity index (χ3n) is 2.74. The van der Waals surface area contributed by atoms with Crippen LogP contribution in [0.4, 0.5) is 0 Å². The van der Waals surface area contributed by atoms with Gasteiger partial charge in [-0.15, -0.1) is 22.9 Å². The zero-order valence-electron chi connectivity index (χ0n) is 8.80. The Morgan fingerprint density at radius 1 is 1.60 bits per heavy atom. The first-order valence-corrected chi connectivity index (χ1v) is 7.18. The normalized spacial score (nSPS) is 28.3. The summed E-state index contributed by atoms with van der Waals surface area (Å²) in [5, 5.41) is 0.00458. The predicted octanol–water partition coefficient (Wildman–Crippen LogP) is 4.67. The first-order chi connectivity index (χ1) is 7.08. The Labute approximate surface area is 108 Å². The van der Waals surface area contributed by atoms with Crippen molar-refractivity contribution >= 4 is 38.9 Å². The van der Waals surface area contributed by atoms with Gasteiger partial charge in [-0.25, -0.2) is 0 Å². The Morgan fingerprint density at radius 3 is 2.80 bits per heavy atom. The van der Waals surface area contributed by atoms with Gasteiger partial charge in [0.25, 0.3) is 0 Å². The van der Waals surface area contributed by atoms with Crippen molar-refractivity contribution in [1.82, 2.24) is 0 Å². The highest BCUT2D eigenvalue weighted by atomic mass is 79.9. The van der Waals surface area contributed by atoms with E-state index in [0.717, 1.165) is 17.3 Å². The second kappa shape index (κ2) is 4.74. The molecule has 4 heteroatoms. The molecule has 0 radical (unpaired) electrons. The van der Waals surface area contributed by atoms with Crippen molar-refractivity contribution in [3.63, 3.8) is 0 Å². The van der Waals surface area contributed by atoms with Crippen molar-refractivity contribution in [3.05, 3.63) is 20.3 Å². The molecule has 3 unspecified atom stereocenters. The minimum absolute atomic E-state index is 0.00458. The number of hydrogen-bond acceptors (Lipinski definition) is 2. The van der Waals surface area contributed by atoms with Gasteiger partial charge >= 0.3 is 0 Å². The first kappa shape index (κ1) is 11.9. The molecule has 0 amide bonds. The number of rotatable bonds is 2. The van der Waals surface area contributed by atoms with Crippen LogP contribution in [0.15, 0.2) is 10.5 Å². The summed E-state index contributed by atoms with van der Waals surface area (Å²) in [6.45, 7) is 4.21. The predicted molar refractivity (Wildman–Crippen MR) is 68.9 cm³/mol. The molecule has 0 aromatic carbocycles. The average molecular weight is 310 g/mol. The largest absolute Gasteiger partial charge is 0.373 e.